The number of amides is 1. The average Bonchev–Trinajstić information content (AvgIpc) is 2.44. The molecular formula is C16H27N3O. The number of hydrogen-bond donors (Lipinski definition) is 2. The zero-order valence-electron chi connectivity index (χ0n) is 12.9. The number of rotatable bonds is 9. The second-order valence-electron chi connectivity index (χ2n) is 4.94. The summed E-state index contributed by atoms with van der Waals surface area (Å²) in [4.78, 5) is 13.4. The number of hydrogen-bond acceptors (Lipinski definition) is 3. The first kappa shape index (κ1) is 16.7. The SMILES string of the molecule is CCN(CC)CCCNCc1ccc(NC(C)=O)cc1. The highest BCUT2D eigenvalue weighted by Crippen LogP contribution is 2.09. The average molecular weight is 277 g/mol. The number of nitrogens with zero attached hydrogens (tertiary/aromatic N) is 1. The van der Waals surface area contributed by atoms with Gasteiger partial charge in [0, 0.05) is 19.2 Å². The van der Waals surface area contributed by atoms with Gasteiger partial charge >= 0.3 is 0 Å². The standard InChI is InChI=1S/C16H27N3O/c1-4-19(5-2)12-6-11-17-13-15-7-9-16(10-8-15)18-14(3)20/h7-10,17H,4-6,11-13H2,1-3H3,(H,18,20). The van der Waals surface area contributed by atoms with E-state index in [4.69, 9.17) is 0 Å². The summed E-state index contributed by atoms with van der Waals surface area (Å²) in [5.74, 6) is -0.0349. The molecule has 1 amide bonds. The van der Waals surface area contributed by atoms with Crippen molar-refractivity contribution in [2.75, 3.05) is 31.5 Å². The number of anilines is 1. The van der Waals surface area contributed by atoms with E-state index in [-0.39, 0.29) is 5.91 Å². The molecule has 0 aliphatic heterocycles. The second kappa shape index (κ2) is 9.50. The van der Waals surface area contributed by atoms with Crippen LogP contribution in [-0.2, 0) is 11.3 Å². The molecule has 1 rings (SSSR count). The lowest BCUT2D eigenvalue weighted by Gasteiger charge is -2.17. The van der Waals surface area contributed by atoms with Crippen LogP contribution in [0, 0.1) is 0 Å². The van der Waals surface area contributed by atoms with Gasteiger partial charge in [0.1, 0.15) is 0 Å². The molecule has 4 heteroatoms. The van der Waals surface area contributed by atoms with Gasteiger partial charge in [-0.15, -0.1) is 0 Å². The number of carbonyl (C=O) groups excluding carboxylic acids is 1. The third-order valence-corrected chi connectivity index (χ3v) is 3.33. The van der Waals surface area contributed by atoms with Crippen molar-refractivity contribution in [2.24, 2.45) is 0 Å². The van der Waals surface area contributed by atoms with E-state index in [0.29, 0.717) is 0 Å². The Morgan fingerprint density at radius 3 is 2.35 bits per heavy atom. The highest BCUT2D eigenvalue weighted by molar-refractivity contribution is 5.88. The highest BCUT2D eigenvalue weighted by Gasteiger charge is 1.99. The summed E-state index contributed by atoms with van der Waals surface area (Å²) in [6.07, 6.45) is 1.17. The van der Waals surface area contributed by atoms with Crippen LogP contribution in [0.5, 0.6) is 0 Å². The molecule has 20 heavy (non-hydrogen) atoms. The van der Waals surface area contributed by atoms with E-state index in [0.717, 1.165) is 38.4 Å². The maximum atomic E-state index is 10.9. The van der Waals surface area contributed by atoms with E-state index < -0.39 is 0 Å². The Hall–Kier alpha value is -1.39. The Labute approximate surface area is 122 Å². The zero-order chi connectivity index (χ0) is 14.8. The maximum Gasteiger partial charge on any atom is 0.221 e. The quantitative estimate of drug-likeness (QED) is 0.682. The predicted molar refractivity (Wildman–Crippen MR) is 84.9 cm³/mol. The molecule has 0 saturated carbocycles. The molecule has 0 aliphatic rings. The Balaban J connectivity index is 2.20. The van der Waals surface area contributed by atoms with Crippen molar-refractivity contribution in [2.45, 2.75) is 33.7 Å². The lowest BCUT2D eigenvalue weighted by atomic mass is 10.2. The third kappa shape index (κ3) is 6.68. The van der Waals surface area contributed by atoms with Crippen molar-refractivity contribution in [1.82, 2.24) is 10.2 Å². The molecule has 0 atom stereocenters. The minimum Gasteiger partial charge on any atom is -0.326 e. The Morgan fingerprint density at radius 2 is 1.80 bits per heavy atom. The predicted octanol–water partition coefficient (Wildman–Crippen LogP) is 2.47. The van der Waals surface area contributed by atoms with Crippen LogP contribution >= 0.6 is 0 Å². The first-order valence-corrected chi connectivity index (χ1v) is 7.45. The van der Waals surface area contributed by atoms with Crippen molar-refractivity contribution in [3.63, 3.8) is 0 Å². The molecule has 1 aromatic carbocycles. The summed E-state index contributed by atoms with van der Waals surface area (Å²) in [6.45, 7) is 11.2. The van der Waals surface area contributed by atoms with Crippen LogP contribution in [0.2, 0.25) is 0 Å². The molecule has 4 nitrogen and oxygen atoms in total. The van der Waals surface area contributed by atoms with E-state index >= 15 is 0 Å². The van der Waals surface area contributed by atoms with Gasteiger partial charge in [-0.2, -0.15) is 0 Å². The number of nitrogens with one attached hydrogen (secondary N) is 2. The van der Waals surface area contributed by atoms with Crippen LogP contribution in [0.3, 0.4) is 0 Å². The summed E-state index contributed by atoms with van der Waals surface area (Å²) in [6, 6.07) is 7.97. The molecule has 0 bridgehead atoms. The van der Waals surface area contributed by atoms with Crippen LogP contribution in [0.15, 0.2) is 24.3 Å². The zero-order valence-corrected chi connectivity index (χ0v) is 12.9. The van der Waals surface area contributed by atoms with E-state index in [1.54, 1.807) is 0 Å². The molecule has 112 valence electrons. The molecule has 0 aromatic heterocycles. The van der Waals surface area contributed by atoms with Gasteiger partial charge in [-0.05, 0) is 50.3 Å². The van der Waals surface area contributed by atoms with Gasteiger partial charge in [-0.1, -0.05) is 26.0 Å². The van der Waals surface area contributed by atoms with E-state index in [1.807, 2.05) is 24.3 Å². The topological polar surface area (TPSA) is 44.4 Å². The highest BCUT2D eigenvalue weighted by atomic mass is 16.1. The molecule has 0 fully saturated rings. The first-order chi connectivity index (χ1) is 9.65. The minimum absolute atomic E-state index is 0.0349. The fourth-order valence-electron chi connectivity index (χ4n) is 2.11. The molecule has 2 N–H and O–H groups in total. The fourth-order valence-corrected chi connectivity index (χ4v) is 2.11. The van der Waals surface area contributed by atoms with E-state index in [9.17, 15) is 4.79 Å². The smallest absolute Gasteiger partial charge is 0.221 e. The summed E-state index contributed by atoms with van der Waals surface area (Å²) in [5, 5.41) is 6.22. The van der Waals surface area contributed by atoms with Crippen molar-refractivity contribution >= 4 is 11.6 Å². The van der Waals surface area contributed by atoms with Crippen LogP contribution in [0.4, 0.5) is 5.69 Å². The van der Waals surface area contributed by atoms with Crippen molar-refractivity contribution in [3.8, 4) is 0 Å². The molecular weight excluding hydrogens is 250 g/mol. The first-order valence-electron chi connectivity index (χ1n) is 7.45. The largest absolute Gasteiger partial charge is 0.326 e. The molecule has 0 heterocycles. The van der Waals surface area contributed by atoms with Gasteiger partial charge in [-0.25, -0.2) is 0 Å². The lowest BCUT2D eigenvalue weighted by Crippen LogP contribution is -2.27. The van der Waals surface area contributed by atoms with E-state index in [1.165, 1.54) is 18.9 Å². The van der Waals surface area contributed by atoms with Gasteiger partial charge in [-0.3, -0.25) is 4.79 Å². The summed E-state index contributed by atoms with van der Waals surface area (Å²) in [7, 11) is 0. The Bertz CT molecular complexity index is 385. The van der Waals surface area contributed by atoms with Crippen LogP contribution < -0.4 is 10.6 Å². The Morgan fingerprint density at radius 1 is 1.15 bits per heavy atom. The lowest BCUT2D eigenvalue weighted by molar-refractivity contribution is -0.114. The monoisotopic (exact) mass is 277 g/mol. The van der Waals surface area contributed by atoms with Gasteiger partial charge in [0.15, 0.2) is 0 Å². The fraction of sp³-hybridized carbons (Fsp3) is 0.562. The maximum absolute atomic E-state index is 10.9. The van der Waals surface area contributed by atoms with Crippen molar-refractivity contribution in [3.05, 3.63) is 29.8 Å². The van der Waals surface area contributed by atoms with Gasteiger partial charge in [0.05, 0.1) is 0 Å². The number of benzene rings is 1. The third-order valence-electron chi connectivity index (χ3n) is 3.33. The normalized spacial score (nSPS) is 10.8. The van der Waals surface area contributed by atoms with Gasteiger partial charge in [0.25, 0.3) is 0 Å². The number of carbonyl (C=O) groups is 1. The second-order valence-corrected chi connectivity index (χ2v) is 4.94. The van der Waals surface area contributed by atoms with Crippen molar-refractivity contribution < 1.29 is 4.79 Å². The molecule has 0 spiro atoms. The van der Waals surface area contributed by atoms with Crippen LogP contribution in [-0.4, -0.2) is 37.0 Å². The van der Waals surface area contributed by atoms with Gasteiger partial charge < -0.3 is 15.5 Å². The minimum atomic E-state index is -0.0349. The summed E-state index contributed by atoms with van der Waals surface area (Å²) in [5.41, 5.74) is 2.09. The molecule has 0 unspecified atom stereocenters. The molecule has 0 radical (unpaired) electrons. The van der Waals surface area contributed by atoms with Crippen molar-refractivity contribution in [1.29, 1.82) is 0 Å². The van der Waals surface area contributed by atoms with E-state index in [2.05, 4.69) is 29.4 Å². The molecule has 0 aliphatic carbocycles. The Kier molecular flexibility index (Phi) is 7.92. The molecule has 1 aromatic rings. The van der Waals surface area contributed by atoms with Crippen LogP contribution in [0.25, 0.3) is 0 Å². The summed E-state index contributed by atoms with van der Waals surface area (Å²) >= 11 is 0. The summed E-state index contributed by atoms with van der Waals surface area (Å²) < 4.78 is 0. The van der Waals surface area contributed by atoms with Crippen LogP contribution in [0.1, 0.15) is 32.8 Å². The molecule has 0 saturated heterocycles. The van der Waals surface area contributed by atoms with Gasteiger partial charge in [0.2, 0.25) is 5.91 Å².